The molecule has 0 radical (unpaired) electrons. The molecular formula is C6H2BrClF2IN. The van der Waals surface area contributed by atoms with Gasteiger partial charge < -0.3 is 0 Å². The Morgan fingerprint density at radius 3 is 2.67 bits per heavy atom. The first-order valence-electron chi connectivity index (χ1n) is 2.82. The Bertz CT molecular complexity index is 308. The number of halogens is 5. The highest BCUT2D eigenvalue weighted by atomic mass is 127. The van der Waals surface area contributed by atoms with Crippen LogP contribution in [0, 0.1) is 3.57 Å². The second-order valence-corrected chi connectivity index (χ2v) is 4.25. The van der Waals surface area contributed by atoms with Crippen LogP contribution in [-0.2, 0) is 0 Å². The van der Waals surface area contributed by atoms with Crippen LogP contribution >= 0.6 is 50.1 Å². The Morgan fingerprint density at radius 2 is 2.17 bits per heavy atom. The number of hydrogen-bond acceptors (Lipinski definition) is 1. The molecule has 66 valence electrons. The van der Waals surface area contributed by atoms with Gasteiger partial charge in [-0.15, -0.1) is 0 Å². The van der Waals surface area contributed by atoms with Crippen molar-refractivity contribution in [1.29, 1.82) is 0 Å². The smallest absolute Gasteiger partial charge is 0.234 e. The van der Waals surface area contributed by atoms with Crippen LogP contribution in [0.5, 0.6) is 0 Å². The van der Waals surface area contributed by atoms with Crippen LogP contribution in [0.25, 0.3) is 0 Å². The molecule has 0 bridgehead atoms. The van der Waals surface area contributed by atoms with E-state index >= 15 is 0 Å². The van der Waals surface area contributed by atoms with Crippen molar-refractivity contribution in [3.63, 3.8) is 0 Å². The van der Waals surface area contributed by atoms with Crippen molar-refractivity contribution in [1.82, 2.24) is 4.98 Å². The molecule has 0 aliphatic heterocycles. The van der Waals surface area contributed by atoms with Crippen LogP contribution in [0.3, 0.4) is 0 Å². The summed E-state index contributed by atoms with van der Waals surface area (Å²) in [5, 5.41) is 0.0672. The van der Waals surface area contributed by atoms with Gasteiger partial charge in [-0.1, -0.05) is 11.6 Å². The fourth-order valence-electron chi connectivity index (χ4n) is 0.631. The number of hydrogen-bond donors (Lipinski definition) is 0. The Hall–Kier alpha value is 0.510. The van der Waals surface area contributed by atoms with E-state index in [9.17, 15) is 8.78 Å². The lowest BCUT2D eigenvalue weighted by Crippen LogP contribution is -1.95. The molecule has 1 rings (SSSR count). The predicted molar refractivity (Wildman–Crippen MR) is 54.6 cm³/mol. The van der Waals surface area contributed by atoms with Gasteiger partial charge in [0.15, 0.2) is 0 Å². The highest BCUT2D eigenvalue weighted by molar-refractivity contribution is 14.1. The summed E-state index contributed by atoms with van der Waals surface area (Å²) in [6.45, 7) is 0. The zero-order valence-corrected chi connectivity index (χ0v) is 9.99. The molecule has 0 aromatic carbocycles. The van der Waals surface area contributed by atoms with E-state index in [1.165, 1.54) is 6.07 Å². The summed E-state index contributed by atoms with van der Waals surface area (Å²) in [4.78, 5) is 3.51. The fraction of sp³-hybridized carbons (Fsp3) is 0.167. The third kappa shape index (κ3) is 2.26. The van der Waals surface area contributed by atoms with E-state index in [1.54, 1.807) is 22.6 Å². The molecule has 1 heterocycles. The second kappa shape index (κ2) is 4.15. The van der Waals surface area contributed by atoms with Gasteiger partial charge in [-0.05, 0) is 44.6 Å². The summed E-state index contributed by atoms with van der Waals surface area (Å²) in [7, 11) is 0. The van der Waals surface area contributed by atoms with E-state index in [-0.39, 0.29) is 10.8 Å². The topological polar surface area (TPSA) is 12.9 Å². The lowest BCUT2D eigenvalue weighted by molar-refractivity contribution is 0.145. The Morgan fingerprint density at radius 1 is 1.58 bits per heavy atom. The monoisotopic (exact) mass is 367 g/mol. The number of aromatic nitrogens is 1. The molecule has 12 heavy (non-hydrogen) atoms. The van der Waals surface area contributed by atoms with Crippen LogP contribution in [0.15, 0.2) is 10.5 Å². The highest BCUT2D eigenvalue weighted by Gasteiger charge is 2.16. The van der Waals surface area contributed by atoms with Gasteiger partial charge in [0.1, 0.15) is 10.8 Å². The predicted octanol–water partition coefficient (Wildman–Crippen LogP) is 4.04. The quantitative estimate of drug-likeness (QED) is 0.539. The maximum atomic E-state index is 12.2. The Labute approximate surface area is 94.8 Å². The molecule has 0 atom stereocenters. The normalized spacial score (nSPS) is 10.8. The molecule has 1 nitrogen and oxygen atoms in total. The average Bonchev–Trinajstić information content (AvgIpc) is 1.96. The molecule has 6 heteroatoms. The number of pyridine rings is 1. The fourth-order valence-corrected chi connectivity index (χ4v) is 1.89. The van der Waals surface area contributed by atoms with Gasteiger partial charge in [0.05, 0.1) is 3.57 Å². The molecule has 1 aromatic rings. The molecule has 0 N–H and O–H groups in total. The summed E-state index contributed by atoms with van der Waals surface area (Å²) in [6, 6.07) is 1.48. The van der Waals surface area contributed by atoms with Crippen molar-refractivity contribution in [2.75, 3.05) is 0 Å². The third-order valence-electron chi connectivity index (χ3n) is 1.11. The van der Waals surface area contributed by atoms with E-state index in [4.69, 9.17) is 11.6 Å². The van der Waals surface area contributed by atoms with Crippen molar-refractivity contribution >= 4 is 50.1 Å². The van der Waals surface area contributed by atoms with Gasteiger partial charge in [0.2, 0.25) is 0 Å². The Balaban J connectivity index is 3.28. The second-order valence-electron chi connectivity index (χ2n) is 1.93. The van der Waals surface area contributed by atoms with Gasteiger partial charge in [-0.3, -0.25) is 0 Å². The maximum Gasteiger partial charge on any atom is 0.281 e. The highest BCUT2D eigenvalue weighted by Crippen LogP contribution is 2.30. The number of rotatable bonds is 1. The molecule has 0 aliphatic carbocycles. The van der Waals surface area contributed by atoms with Crippen LogP contribution < -0.4 is 0 Å². The van der Waals surface area contributed by atoms with E-state index < -0.39 is 6.43 Å². The summed E-state index contributed by atoms with van der Waals surface area (Å²) < 4.78 is 25.4. The van der Waals surface area contributed by atoms with Crippen molar-refractivity contribution in [3.05, 3.63) is 25.0 Å². The minimum atomic E-state index is -2.59. The third-order valence-corrected chi connectivity index (χ3v) is 3.81. The molecule has 0 unspecified atom stereocenters. The van der Waals surface area contributed by atoms with Gasteiger partial charge in [0.25, 0.3) is 6.43 Å². The molecule has 0 amide bonds. The number of nitrogens with zero attached hydrogens (tertiary/aromatic N) is 1. The SMILES string of the molecule is FC(F)c1nc(Cl)cc(Br)c1I. The minimum absolute atomic E-state index is 0.0672. The van der Waals surface area contributed by atoms with Gasteiger partial charge in [-0.2, -0.15) is 0 Å². The van der Waals surface area contributed by atoms with Crippen molar-refractivity contribution in [2.24, 2.45) is 0 Å². The first kappa shape index (κ1) is 10.6. The minimum Gasteiger partial charge on any atom is -0.234 e. The standard InChI is InChI=1S/C6H2BrClF2IN/c7-2-1-3(8)12-5(4(2)11)6(9)10/h1,6H. The molecule has 0 spiro atoms. The molecule has 1 aromatic heterocycles. The molecule has 0 fully saturated rings. The van der Waals surface area contributed by atoms with Crippen LogP contribution in [-0.4, -0.2) is 4.98 Å². The first-order valence-corrected chi connectivity index (χ1v) is 5.07. The maximum absolute atomic E-state index is 12.2. The van der Waals surface area contributed by atoms with E-state index in [0.29, 0.717) is 8.04 Å². The van der Waals surface area contributed by atoms with Crippen molar-refractivity contribution < 1.29 is 8.78 Å². The van der Waals surface area contributed by atoms with E-state index in [1.807, 2.05) is 0 Å². The van der Waals surface area contributed by atoms with Gasteiger partial charge in [-0.25, -0.2) is 13.8 Å². The van der Waals surface area contributed by atoms with Crippen LogP contribution in [0.2, 0.25) is 5.15 Å². The zero-order chi connectivity index (χ0) is 9.30. The lowest BCUT2D eigenvalue weighted by atomic mass is 10.4. The average molecular weight is 368 g/mol. The zero-order valence-electron chi connectivity index (χ0n) is 5.49. The largest absolute Gasteiger partial charge is 0.281 e. The summed E-state index contributed by atoms with van der Waals surface area (Å²) in [5.41, 5.74) is -0.282. The van der Waals surface area contributed by atoms with E-state index in [0.717, 1.165) is 0 Å². The van der Waals surface area contributed by atoms with Crippen LogP contribution in [0.4, 0.5) is 8.78 Å². The first-order chi connectivity index (χ1) is 5.52. The van der Waals surface area contributed by atoms with Crippen LogP contribution in [0.1, 0.15) is 12.1 Å². The summed E-state index contributed by atoms with van der Waals surface area (Å²) in [6.07, 6.45) is -2.59. The lowest BCUT2D eigenvalue weighted by Gasteiger charge is -2.04. The van der Waals surface area contributed by atoms with Gasteiger partial charge >= 0.3 is 0 Å². The number of alkyl halides is 2. The van der Waals surface area contributed by atoms with Gasteiger partial charge in [0, 0.05) is 4.47 Å². The van der Waals surface area contributed by atoms with E-state index in [2.05, 4.69) is 20.9 Å². The van der Waals surface area contributed by atoms with Crippen molar-refractivity contribution in [2.45, 2.75) is 6.43 Å². The molecule has 0 aliphatic rings. The van der Waals surface area contributed by atoms with Crippen molar-refractivity contribution in [3.8, 4) is 0 Å². The molecule has 0 saturated heterocycles. The molecule has 0 saturated carbocycles. The Kier molecular flexibility index (Phi) is 3.66. The molecular weight excluding hydrogens is 366 g/mol. The summed E-state index contributed by atoms with van der Waals surface area (Å²) >= 11 is 10.4. The summed E-state index contributed by atoms with van der Waals surface area (Å²) in [5.74, 6) is 0.